The van der Waals surface area contributed by atoms with Gasteiger partial charge in [-0.1, -0.05) is 6.07 Å². The Bertz CT molecular complexity index is 783. The molecule has 3 nitrogen and oxygen atoms in total. The van der Waals surface area contributed by atoms with Gasteiger partial charge < -0.3 is 9.47 Å². The van der Waals surface area contributed by atoms with Gasteiger partial charge in [-0.15, -0.1) is 0 Å². The van der Waals surface area contributed by atoms with Crippen LogP contribution in [0.2, 0.25) is 0 Å². The molecule has 0 aliphatic heterocycles. The predicted molar refractivity (Wildman–Crippen MR) is 92.8 cm³/mol. The summed E-state index contributed by atoms with van der Waals surface area (Å²) in [6, 6.07) is 19.0. The third-order valence-electron chi connectivity index (χ3n) is 3.85. The molecule has 0 aliphatic carbocycles. The molecule has 0 amide bonds. The first-order valence-corrected chi connectivity index (χ1v) is 7.46. The normalized spacial score (nSPS) is 10.7. The summed E-state index contributed by atoms with van der Waals surface area (Å²) >= 11 is 0. The molecule has 3 heteroatoms. The van der Waals surface area contributed by atoms with E-state index in [1.807, 2.05) is 13.0 Å². The van der Waals surface area contributed by atoms with Crippen LogP contribution < -0.4 is 4.90 Å². The van der Waals surface area contributed by atoms with E-state index in [2.05, 4.69) is 84.0 Å². The van der Waals surface area contributed by atoms with Crippen LogP contribution in [0.5, 0.6) is 0 Å². The number of anilines is 1. The van der Waals surface area contributed by atoms with Crippen LogP contribution in [0.3, 0.4) is 0 Å². The van der Waals surface area contributed by atoms with Gasteiger partial charge in [-0.2, -0.15) is 0 Å². The molecule has 0 atom stereocenters. The molecule has 0 bridgehead atoms. The molecule has 0 aliphatic rings. The molecular formula is C19H21N3. The number of hydrogen-bond acceptors (Lipinski definition) is 2. The summed E-state index contributed by atoms with van der Waals surface area (Å²) in [4.78, 5) is 6.77. The summed E-state index contributed by atoms with van der Waals surface area (Å²) in [5, 5.41) is 0. The smallest absolute Gasteiger partial charge is 0.0873 e. The Morgan fingerprint density at radius 2 is 1.59 bits per heavy atom. The highest BCUT2D eigenvalue weighted by Crippen LogP contribution is 2.26. The average Bonchev–Trinajstić information content (AvgIpc) is 2.89. The Hall–Kier alpha value is -2.55. The highest BCUT2D eigenvalue weighted by Gasteiger charge is 2.10. The second-order valence-electron chi connectivity index (χ2n) is 5.77. The van der Waals surface area contributed by atoms with Gasteiger partial charge in [0.05, 0.1) is 11.4 Å². The van der Waals surface area contributed by atoms with E-state index in [1.54, 1.807) is 0 Å². The molecule has 2 heterocycles. The van der Waals surface area contributed by atoms with Gasteiger partial charge in [0.15, 0.2) is 0 Å². The van der Waals surface area contributed by atoms with Crippen LogP contribution in [0.25, 0.3) is 17.1 Å². The van der Waals surface area contributed by atoms with E-state index in [9.17, 15) is 0 Å². The van der Waals surface area contributed by atoms with Crippen LogP contribution >= 0.6 is 0 Å². The van der Waals surface area contributed by atoms with E-state index in [1.165, 1.54) is 11.4 Å². The molecule has 0 saturated heterocycles. The SMILES string of the molecule is Cc1cccc(-c2ccc(C)n2-c2ccc(N(C)C)cc2)n1. The summed E-state index contributed by atoms with van der Waals surface area (Å²) < 4.78 is 2.25. The highest BCUT2D eigenvalue weighted by atomic mass is 15.1. The zero-order chi connectivity index (χ0) is 15.7. The average molecular weight is 291 g/mol. The van der Waals surface area contributed by atoms with Crippen LogP contribution in [0.4, 0.5) is 5.69 Å². The van der Waals surface area contributed by atoms with Crippen molar-refractivity contribution in [3.63, 3.8) is 0 Å². The number of benzene rings is 1. The van der Waals surface area contributed by atoms with Crippen molar-refractivity contribution < 1.29 is 0 Å². The largest absolute Gasteiger partial charge is 0.378 e. The fourth-order valence-electron chi connectivity index (χ4n) is 2.67. The van der Waals surface area contributed by atoms with Crippen molar-refractivity contribution in [1.29, 1.82) is 0 Å². The van der Waals surface area contributed by atoms with Crippen LogP contribution in [0, 0.1) is 13.8 Å². The molecule has 0 saturated carbocycles. The predicted octanol–water partition coefficient (Wildman–Crippen LogP) is 4.22. The lowest BCUT2D eigenvalue weighted by atomic mass is 10.2. The van der Waals surface area contributed by atoms with Gasteiger partial charge in [0, 0.05) is 36.9 Å². The zero-order valence-electron chi connectivity index (χ0n) is 13.5. The molecule has 0 unspecified atom stereocenters. The second kappa shape index (κ2) is 5.68. The first kappa shape index (κ1) is 14.4. The molecule has 2 aromatic heterocycles. The Balaban J connectivity index is 2.09. The maximum Gasteiger partial charge on any atom is 0.0873 e. The van der Waals surface area contributed by atoms with Gasteiger partial charge >= 0.3 is 0 Å². The van der Waals surface area contributed by atoms with Crippen molar-refractivity contribution in [3.05, 3.63) is 66.0 Å². The van der Waals surface area contributed by atoms with Crippen molar-refractivity contribution in [1.82, 2.24) is 9.55 Å². The lowest BCUT2D eigenvalue weighted by Crippen LogP contribution is -2.08. The van der Waals surface area contributed by atoms with Gasteiger partial charge in [0.25, 0.3) is 0 Å². The minimum atomic E-state index is 1.00. The molecule has 0 fully saturated rings. The molecule has 112 valence electrons. The maximum atomic E-state index is 4.66. The standard InChI is InChI=1S/C19H21N3/c1-14-6-5-7-18(20-14)19-13-8-15(2)22(19)17-11-9-16(10-12-17)21(3)4/h5-13H,1-4H3. The summed E-state index contributed by atoms with van der Waals surface area (Å²) in [5.41, 5.74) is 6.72. The first-order chi connectivity index (χ1) is 10.6. The Morgan fingerprint density at radius 3 is 2.23 bits per heavy atom. The lowest BCUT2D eigenvalue weighted by Gasteiger charge is -2.15. The summed E-state index contributed by atoms with van der Waals surface area (Å²) in [6.07, 6.45) is 0. The number of hydrogen-bond donors (Lipinski definition) is 0. The first-order valence-electron chi connectivity index (χ1n) is 7.46. The van der Waals surface area contributed by atoms with Crippen molar-refractivity contribution >= 4 is 5.69 Å². The number of aromatic nitrogens is 2. The van der Waals surface area contributed by atoms with Crippen LogP contribution in [0.15, 0.2) is 54.6 Å². The van der Waals surface area contributed by atoms with Crippen LogP contribution in [-0.2, 0) is 0 Å². The van der Waals surface area contributed by atoms with E-state index in [4.69, 9.17) is 0 Å². The van der Waals surface area contributed by atoms with Crippen molar-refractivity contribution in [2.24, 2.45) is 0 Å². The maximum absolute atomic E-state index is 4.66. The topological polar surface area (TPSA) is 21.1 Å². The van der Waals surface area contributed by atoms with Gasteiger partial charge in [-0.3, -0.25) is 4.98 Å². The van der Waals surface area contributed by atoms with Gasteiger partial charge in [0.2, 0.25) is 0 Å². The second-order valence-corrected chi connectivity index (χ2v) is 5.77. The molecule has 0 N–H and O–H groups in total. The monoisotopic (exact) mass is 291 g/mol. The molecular weight excluding hydrogens is 270 g/mol. The Labute approximate surface area is 131 Å². The number of nitrogens with zero attached hydrogens (tertiary/aromatic N) is 3. The molecule has 0 radical (unpaired) electrons. The van der Waals surface area contributed by atoms with Crippen molar-refractivity contribution in [2.75, 3.05) is 19.0 Å². The van der Waals surface area contributed by atoms with E-state index < -0.39 is 0 Å². The van der Waals surface area contributed by atoms with Crippen LogP contribution in [0.1, 0.15) is 11.4 Å². The van der Waals surface area contributed by atoms with Crippen LogP contribution in [-0.4, -0.2) is 23.6 Å². The minimum absolute atomic E-state index is 1.00. The number of aryl methyl sites for hydroxylation is 2. The Kier molecular flexibility index (Phi) is 3.72. The summed E-state index contributed by atoms with van der Waals surface area (Å²) in [6.45, 7) is 4.15. The van der Waals surface area contributed by atoms with E-state index in [-0.39, 0.29) is 0 Å². The van der Waals surface area contributed by atoms with E-state index >= 15 is 0 Å². The number of pyridine rings is 1. The van der Waals surface area contributed by atoms with E-state index in [0.29, 0.717) is 0 Å². The van der Waals surface area contributed by atoms with Gasteiger partial charge in [-0.05, 0) is 62.4 Å². The fourth-order valence-corrected chi connectivity index (χ4v) is 2.67. The quantitative estimate of drug-likeness (QED) is 0.720. The Morgan fingerprint density at radius 1 is 0.864 bits per heavy atom. The minimum Gasteiger partial charge on any atom is -0.378 e. The molecule has 1 aromatic carbocycles. The highest BCUT2D eigenvalue weighted by molar-refractivity contribution is 5.62. The van der Waals surface area contributed by atoms with Crippen molar-refractivity contribution in [2.45, 2.75) is 13.8 Å². The van der Waals surface area contributed by atoms with E-state index in [0.717, 1.165) is 22.8 Å². The third-order valence-corrected chi connectivity index (χ3v) is 3.85. The zero-order valence-corrected chi connectivity index (χ0v) is 13.5. The third kappa shape index (κ3) is 2.62. The molecule has 3 rings (SSSR count). The number of rotatable bonds is 3. The molecule has 22 heavy (non-hydrogen) atoms. The summed E-state index contributed by atoms with van der Waals surface area (Å²) in [7, 11) is 4.11. The molecule has 0 spiro atoms. The van der Waals surface area contributed by atoms with Crippen molar-refractivity contribution in [3.8, 4) is 17.1 Å². The van der Waals surface area contributed by atoms with Gasteiger partial charge in [0.1, 0.15) is 0 Å². The summed E-state index contributed by atoms with van der Waals surface area (Å²) in [5.74, 6) is 0. The fraction of sp³-hybridized carbons (Fsp3) is 0.211. The lowest BCUT2D eigenvalue weighted by molar-refractivity contribution is 1.01. The molecule has 3 aromatic rings. The van der Waals surface area contributed by atoms with Gasteiger partial charge in [-0.25, -0.2) is 0 Å².